The summed E-state index contributed by atoms with van der Waals surface area (Å²) in [7, 11) is 0. The molecule has 2 aromatic rings. The lowest BCUT2D eigenvalue weighted by molar-refractivity contribution is 0.0474. The van der Waals surface area contributed by atoms with Crippen LogP contribution in [0.15, 0.2) is 36.4 Å². The highest BCUT2D eigenvalue weighted by molar-refractivity contribution is 6.35. The second-order valence-corrected chi connectivity index (χ2v) is 5.60. The number of benzene rings is 2. The Hall–Kier alpha value is -2.24. The first-order valence-corrected chi connectivity index (χ1v) is 7.34. The Kier molecular flexibility index (Phi) is 4.41. The van der Waals surface area contributed by atoms with Crippen LogP contribution >= 0.6 is 23.2 Å². The van der Waals surface area contributed by atoms with Crippen LogP contribution in [0.5, 0.6) is 11.5 Å². The van der Waals surface area contributed by atoms with E-state index < -0.39 is 12.6 Å². The van der Waals surface area contributed by atoms with E-state index in [0.29, 0.717) is 27.1 Å². The van der Waals surface area contributed by atoms with Gasteiger partial charge >= 0.3 is 5.97 Å². The largest absolute Gasteiger partial charge is 0.454 e. The fourth-order valence-electron chi connectivity index (χ4n) is 2.04. The Morgan fingerprint density at radius 1 is 0.957 bits per heavy atom. The lowest BCUT2D eigenvalue weighted by Gasteiger charge is -2.06. The SMILES string of the molecule is O=C(COC(=O)c1cc(Cl)cc(Cl)c1)c1ccc2c(c1)OCO2. The van der Waals surface area contributed by atoms with Gasteiger partial charge in [-0.25, -0.2) is 4.79 Å². The van der Waals surface area contributed by atoms with E-state index >= 15 is 0 Å². The second kappa shape index (κ2) is 6.48. The molecule has 0 amide bonds. The average Bonchev–Trinajstić information content (AvgIpc) is 2.98. The van der Waals surface area contributed by atoms with Crippen molar-refractivity contribution in [1.82, 2.24) is 0 Å². The summed E-state index contributed by atoms with van der Waals surface area (Å²) in [6.07, 6.45) is 0. The maximum absolute atomic E-state index is 12.1. The van der Waals surface area contributed by atoms with E-state index in [9.17, 15) is 9.59 Å². The first-order valence-electron chi connectivity index (χ1n) is 6.59. The molecule has 0 spiro atoms. The van der Waals surface area contributed by atoms with Crippen molar-refractivity contribution in [3.63, 3.8) is 0 Å². The summed E-state index contributed by atoms with van der Waals surface area (Å²) in [5.41, 5.74) is 0.548. The molecular formula is C16H10Cl2O5. The lowest BCUT2D eigenvalue weighted by Crippen LogP contribution is -2.14. The van der Waals surface area contributed by atoms with Gasteiger partial charge in [0.1, 0.15) is 0 Å². The standard InChI is InChI=1S/C16H10Cl2O5/c17-11-3-10(4-12(18)6-11)16(20)21-7-13(19)9-1-2-14-15(5-9)23-8-22-14/h1-6H,7-8H2. The van der Waals surface area contributed by atoms with Gasteiger partial charge in [-0.3, -0.25) is 4.79 Å². The van der Waals surface area contributed by atoms with Crippen LogP contribution in [0.25, 0.3) is 0 Å². The number of rotatable bonds is 4. The van der Waals surface area contributed by atoms with Crippen molar-refractivity contribution in [3.8, 4) is 11.5 Å². The number of carbonyl (C=O) groups excluding carboxylic acids is 2. The van der Waals surface area contributed by atoms with Crippen LogP contribution in [0, 0.1) is 0 Å². The highest BCUT2D eigenvalue weighted by Crippen LogP contribution is 2.32. The van der Waals surface area contributed by atoms with Crippen LogP contribution in [0.4, 0.5) is 0 Å². The van der Waals surface area contributed by atoms with Crippen molar-refractivity contribution in [3.05, 3.63) is 57.6 Å². The first kappa shape index (κ1) is 15.6. The summed E-state index contributed by atoms with van der Waals surface area (Å²) < 4.78 is 15.4. The van der Waals surface area contributed by atoms with Gasteiger partial charge in [-0.15, -0.1) is 0 Å². The number of esters is 1. The molecule has 0 bridgehead atoms. The molecule has 0 saturated heterocycles. The van der Waals surface area contributed by atoms with Gasteiger partial charge in [-0.2, -0.15) is 0 Å². The summed E-state index contributed by atoms with van der Waals surface area (Å²) in [4.78, 5) is 24.0. The number of hydrogen-bond donors (Lipinski definition) is 0. The lowest BCUT2D eigenvalue weighted by atomic mass is 10.1. The second-order valence-electron chi connectivity index (χ2n) is 4.73. The van der Waals surface area contributed by atoms with Gasteiger partial charge in [0.15, 0.2) is 23.9 Å². The minimum Gasteiger partial charge on any atom is -0.454 e. The monoisotopic (exact) mass is 352 g/mol. The summed E-state index contributed by atoms with van der Waals surface area (Å²) in [6.45, 7) is -0.278. The molecule has 0 radical (unpaired) electrons. The van der Waals surface area contributed by atoms with Gasteiger partial charge in [0.05, 0.1) is 5.56 Å². The summed E-state index contributed by atoms with van der Waals surface area (Å²) in [5, 5.41) is 0.623. The van der Waals surface area contributed by atoms with Crippen molar-refractivity contribution in [1.29, 1.82) is 0 Å². The molecule has 0 saturated carbocycles. The zero-order valence-corrected chi connectivity index (χ0v) is 13.2. The molecule has 1 aliphatic heterocycles. The van der Waals surface area contributed by atoms with Crippen LogP contribution in [0.1, 0.15) is 20.7 Å². The van der Waals surface area contributed by atoms with Gasteiger partial charge in [-0.05, 0) is 36.4 Å². The normalized spacial score (nSPS) is 12.1. The molecule has 0 aliphatic carbocycles. The molecule has 5 nitrogen and oxygen atoms in total. The zero-order chi connectivity index (χ0) is 16.4. The van der Waals surface area contributed by atoms with Gasteiger partial charge in [-0.1, -0.05) is 23.2 Å². The Labute approximate surface area is 141 Å². The zero-order valence-electron chi connectivity index (χ0n) is 11.7. The van der Waals surface area contributed by atoms with Crippen molar-refractivity contribution >= 4 is 35.0 Å². The molecule has 118 valence electrons. The van der Waals surface area contributed by atoms with Crippen LogP contribution in [0.3, 0.4) is 0 Å². The van der Waals surface area contributed by atoms with Crippen LogP contribution in [-0.2, 0) is 4.74 Å². The fraction of sp³-hybridized carbons (Fsp3) is 0.125. The van der Waals surface area contributed by atoms with Crippen LogP contribution in [-0.4, -0.2) is 25.2 Å². The molecule has 0 unspecified atom stereocenters. The van der Waals surface area contributed by atoms with Gasteiger partial charge in [0, 0.05) is 15.6 Å². The van der Waals surface area contributed by atoms with Crippen LogP contribution in [0.2, 0.25) is 10.0 Å². The smallest absolute Gasteiger partial charge is 0.338 e. The molecule has 3 rings (SSSR count). The van der Waals surface area contributed by atoms with E-state index in [4.69, 9.17) is 37.4 Å². The van der Waals surface area contributed by atoms with E-state index in [1.165, 1.54) is 18.2 Å². The van der Waals surface area contributed by atoms with Gasteiger partial charge in [0.25, 0.3) is 0 Å². The maximum atomic E-state index is 12.1. The highest BCUT2D eigenvalue weighted by atomic mass is 35.5. The number of ether oxygens (including phenoxy) is 3. The number of hydrogen-bond acceptors (Lipinski definition) is 5. The van der Waals surface area contributed by atoms with E-state index in [1.807, 2.05) is 0 Å². The molecular weight excluding hydrogens is 343 g/mol. The molecule has 0 N–H and O–H groups in total. The van der Waals surface area contributed by atoms with Crippen LogP contribution < -0.4 is 9.47 Å². The maximum Gasteiger partial charge on any atom is 0.338 e. The Bertz CT molecular complexity index is 768. The summed E-state index contributed by atoms with van der Waals surface area (Å²) >= 11 is 11.6. The predicted octanol–water partition coefficient (Wildman–Crippen LogP) is 3.76. The Morgan fingerprint density at radius 3 is 2.39 bits per heavy atom. The minimum atomic E-state index is -0.677. The quantitative estimate of drug-likeness (QED) is 0.619. The third kappa shape index (κ3) is 3.57. The van der Waals surface area contributed by atoms with Crippen molar-refractivity contribution in [2.45, 2.75) is 0 Å². The molecule has 2 aromatic carbocycles. The van der Waals surface area contributed by atoms with E-state index in [1.54, 1.807) is 18.2 Å². The predicted molar refractivity (Wildman–Crippen MR) is 83.6 cm³/mol. The Balaban J connectivity index is 1.65. The topological polar surface area (TPSA) is 61.8 Å². The highest BCUT2D eigenvalue weighted by Gasteiger charge is 2.18. The number of carbonyl (C=O) groups is 2. The average molecular weight is 353 g/mol. The van der Waals surface area contributed by atoms with Gasteiger partial charge in [0.2, 0.25) is 6.79 Å². The summed E-state index contributed by atoms with van der Waals surface area (Å²) in [6, 6.07) is 9.10. The number of fused-ring (bicyclic) bond motifs is 1. The Morgan fingerprint density at radius 2 is 1.65 bits per heavy atom. The number of Topliss-reactive ketones (excluding diaryl/α,β-unsaturated/α-hetero) is 1. The van der Waals surface area contributed by atoms with E-state index in [0.717, 1.165) is 0 Å². The summed E-state index contributed by atoms with van der Waals surface area (Å²) in [5.74, 6) is 0.0316. The number of ketones is 1. The fourth-order valence-corrected chi connectivity index (χ4v) is 2.57. The molecule has 0 atom stereocenters. The van der Waals surface area contributed by atoms with E-state index in [2.05, 4.69) is 0 Å². The van der Waals surface area contributed by atoms with Gasteiger partial charge < -0.3 is 14.2 Å². The van der Waals surface area contributed by atoms with Crippen molar-refractivity contribution in [2.75, 3.05) is 13.4 Å². The van der Waals surface area contributed by atoms with E-state index in [-0.39, 0.29) is 18.1 Å². The molecule has 1 aliphatic rings. The number of halogens is 2. The third-order valence-electron chi connectivity index (χ3n) is 3.13. The first-order chi connectivity index (χ1) is 11.0. The minimum absolute atomic E-state index is 0.123. The van der Waals surface area contributed by atoms with Crippen molar-refractivity contribution < 1.29 is 23.8 Å². The molecule has 0 fully saturated rings. The third-order valence-corrected chi connectivity index (χ3v) is 3.56. The molecule has 7 heteroatoms. The molecule has 0 aromatic heterocycles. The molecule has 1 heterocycles. The van der Waals surface area contributed by atoms with Crippen molar-refractivity contribution in [2.24, 2.45) is 0 Å². The molecule has 23 heavy (non-hydrogen) atoms.